The number of imidazole rings is 1. The summed E-state index contributed by atoms with van der Waals surface area (Å²) in [4.78, 5) is 31.7. The van der Waals surface area contributed by atoms with Crippen molar-refractivity contribution in [3.8, 4) is 6.01 Å². The molecule has 0 bridgehead atoms. The molecule has 0 unspecified atom stereocenters. The molecule has 3 aromatic heterocycles. The molecule has 4 aromatic rings. The van der Waals surface area contributed by atoms with Gasteiger partial charge in [-0.3, -0.25) is 14.3 Å². The van der Waals surface area contributed by atoms with Gasteiger partial charge in [-0.2, -0.15) is 0 Å². The molecule has 0 radical (unpaired) electrons. The second-order valence-corrected chi connectivity index (χ2v) is 7.14. The van der Waals surface area contributed by atoms with Gasteiger partial charge in [0, 0.05) is 39.4 Å². The van der Waals surface area contributed by atoms with E-state index < -0.39 is 5.91 Å². The van der Waals surface area contributed by atoms with Crippen molar-refractivity contribution in [2.75, 3.05) is 36.4 Å². The average Bonchev–Trinajstić information content (AvgIpc) is 3.38. The summed E-state index contributed by atoms with van der Waals surface area (Å²) < 4.78 is 8.33. The maximum absolute atomic E-state index is 12.8. The van der Waals surface area contributed by atoms with Crippen LogP contribution in [0.5, 0.6) is 0 Å². The van der Waals surface area contributed by atoms with Crippen LogP contribution in [0, 0.1) is 0 Å². The van der Waals surface area contributed by atoms with Crippen LogP contribution in [0.15, 0.2) is 51.9 Å². The molecule has 0 aliphatic carbocycles. The van der Waals surface area contributed by atoms with E-state index >= 15 is 0 Å². The van der Waals surface area contributed by atoms with Gasteiger partial charge in [-0.25, -0.2) is 9.36 Å². The molecule has 1 aliphatic heterocycles. The van der Waals surface area contributed by atoms with Crippen LogP contribution in [0.1, 0.15) is 10.7 Å². The van der Waals surface area contributed by atoms with Crippen LogP contribution in [0.3, 0.4) is 0 Å². The summed E-state index contributed by atoms with van der Waals surface area (Å²) in [6, 6.07) is 9.02. The zero-order valence-electron chi connectivity index (χ0n) is 16.8. The molecule has 4 heterocycles. The van der Waals surface area contributed by atoms with E-state index in [9.17, 15) is 9.59 Å². The maximum Gasteiger partial charge on any atom is 0.337 e. The Kier molecular flexibility index (Phi) is 4.71. The molecule has 2 N–H and O–H groups in total. The van der Waals surface area contributed by atoms with E-state index in [4.69, 9.17) is 4.42 Å². The number of rotatable bonds is 4. The van der Waals surface area contributed by atoms with E-state index in [0.717, 1.165) is 31.9 Å². The zero-order chi connectivity index (χ0) is 21.4. The summed E-state index contributed by atoms with van der Waals surface area (Å²) in [6.45, 7) is 3.37. The highest BCUT2D eigenvalue weighted by atomic mass is 16.4. The molecule has 1 fully saturated rings. The third kappa shape index (κ3) is 3.34. The fourth-order valence-corrected chi connectivity index (χ4v) is 3.72. The summed E-state index contributed by atoms with van der Waals surface area (Å²) in [5.74, 6) is -0.818. The minimum Gasteiger partial charge on any atom is -0.398 e. The van der Waals surface area contributed by atoms with Gasteiger partial charge in [0.15, 0.2) is 0 Å². The lowest BCUT2D eigenvalue weighted by Crippen LogP contribution is -2.43. The number of amides is 1. The van der Waals surface area contributed by atoms with E-state index in [1.807, 2.05) is 24.3 Å². The zero-order valence-corrected chi connectivity index (χ0v) is 16.8. The van der Waals surface area contributed by atoms with Gasteiger partial charge < -0.3 is 20.0 Å². The second-order valence-electron chi connectivity index (χ2n) is 7.14. The predicted octanol–water partition coefficient (Wildman–Crippen LogP) is 0.769. The standard InChI is InChI=1S/C20H20N8O3/c1-26-15-4-2-3-5-16(15)28(20(26)30)19-25-24-18(31-19)17(29)23-13-12-22-7-6-14(13)27-10-8-21-9-11-27/h2-7,12,21H,8-11H2,1H3,(H,23,29). The summed E-state index contributed by atoms with van der Waals surface area (Å²) >= 11 is 0. The highest BCUT2D eigenvalue weighted by Gasteiger charge is 2.22. The highest BCUT2D eigenvalue weighted by Crippen LogP contribution is 2.25. The fourth-order valence-electron chi connectivity index (χ4n) is 3.72. The van der Waals surface area contributed by atoms with Gasteiger partial charge in [0.25, 0.3) is 0 Å². The number of carbonyl (C=O) groups excluding carboxylic acids is 1. The Morgan fingerprint density at radius 3 is 2.71 bits per heavy atom. The van der Waals surface area contributed by atoms with E-state index in [2.05, 4.69) is 30.7 Å². The molecule has 0 saturated carbocycles. The number of aromatic nitrogens is 5. The van der Waals surface area contributed by atoms with Gasteiger partial charge in [0.2, 0.25) is 0 Å². The summed E-state index contributed by atoms with van der Waals surface area (Å²) in [5.41, 5.74) is 2.41. The molecule has 11 nitrogen and oxygen atoms in total. The Balaban J connectivity index is 1.44. The molecule has 31 heavy (non-hydrogen) atoms. The number of piperazine rings is 1. The molecule has 0 spiro atoms. The van der Waals surface area contributed by atoms with Crippen molar-refractivity contribution in [2.45, 2.75) is 0 Å². The summed E-state index contributed by atoms with van der Waals surface area (Å²) in [7, 11) is 1.66. The number of carbonyl (C=O) groups is 1. The maximum atomic E-state index is 12.8. The van der Waals surface area contributed by atoms with Gasteiger partial charge in [-0.15, -0.1) is 5.10 Å². The van der Waals surface area contributed by atoms with Gasteiger partial charge in [0.05, 0.1) is 28.6 Å². The lowest BCUT2D eigenvalue weighted by atomic mass is 10.2. The van der Waals surface area contributed by atoms with Crippen molar-refractivity contribution < 1.29 is 9.21 Å². The first kappa shape index (κ1) is 19.0. The minimum atomic E-state index is -0.573. The molecular formula is C20H20N8O3. The van der Waals surface area contributed by atoms with Gasteiger partial charge in [-0.1, -0.05) is 17.2 Å². The number of anilines is 2. The molecule has 5 rings (SSSR count). The number of aryl methyl sites for hydroxylation is 1. The average molecular weight is 420 g/mol. The number of para-hydroxylation sites is 2. The van der Waals surface area contributed by atoms with Crippen molar-refractivity contribution >= 4 is 28.3 Å². The number of hydrogen-bond acceptors (Lipinski definition) is 8. The van der Waals surface area contributed by atoms with Crippen LogP contribution >= 0.6 is 0 Å². The number of benzene rings is 1. The normalized spacial score (nSPS) is 14.2. The SMILES string of the molecule is Cn1c(=O)n(-c2nnc(C(=O)Nc3cnccc3N3CCNCC3)o2)c2ccccc21. The number of pyridine rings is 1. The topological polar surface area (TPSA) is 123 Å². The minimum absolute atomic E-state index is 0.0690. The third-order valence-corrected chi connectivity index (χ3v) is 5.27. The first-order chi connectivity index (χ1) is 15.1. The van der Waals surface area contributed by atoms with Crippen LogP contribution in [-0.2, 0) is 7.05 Å². The molecule has 1 aromatic carbocycles. The van der Waals surface area contributed by atoms with Crippen LogP contribution in [0.4, 0.5) is 11.4 Å². The van der Waals surface area contributed by atoms with E-state index in [0.29, 0.717) is 16.7 Å². The first-order valence-corrected chi connectivity index (χ1v) is 9.85. The van der Waals surface area contributed by atoms with Crippen molar-refractivity contribution in [1.82, 2.24) is 29.6 Å². The fraction of sp³-hybridized carbons (Fsp3) is 0.250. The van der Waals surface area contributed by atoms with Gasteiger partial charge in [0.1, 0.15) is 0 Å². The molecule has 11 heteroatoms. The Morgan fingerprint density at radius 2 is 1.90 bits per heavy atom. The molecular weight excluding hydrogens is 400 g/mol. The smallest absolute Gasteiger partial charge is 0.337 e. The number of hydrogen-bond donors (Lipinski definition) is 2. The first-order valence-electron chi connectivity index (χ1n) is 9.85. The number of fused-ring (bicyclic) bond motifs is 1. The summed E-state index contributed by atoms with van der Waals surface area (Å²) in [6.07, 6.45) is 3.27. The molecule has 0 atom stereocenters. The van der Waals surface area contributed by atoms with Crippen molar-refractivity contribution in [3.05, 3.63) is 59.1 Å². The largest absolute Gasteiger partial charge is 0.398 e. The van der Waals surface area contributed by atoms with Crippen molar-refractivity contribution in [3.63, 3.8) is 0 Å². The van der Waals surface area contributed by atoms with Crippen LogP contribution in [-0.4, -0.2) is 56.4 Å². The van der Waals surface area contributed by atoms with E-state index in [-0.39, 0.29) is 17.6 Å². The summed E-state index contributed by atoms with van der Waals surface area (Å²) in [5, 5.41) is 13.9. The Hall–Kier alpha value is -3.99. The molecule has 1 aliphatic rings. The quantitative estimate of drug-likeness (QED) is 0.496. The van der Waals surface area contributed by atoms with Crippen LogP contribution in [0.25, 0.3) is 17.0 Å². The van der Waals surface area contributed by atoms with Crippen LogP contribution < -0.4 is 21.2 Å². The predicted molar refractivity (Wildman–Crippen MR) is 114 cm³/mol. The van der Waals surface area contributed by atoms with Crippen molar-refractivity contribution in [1.29, 1.82) is 0 Å². The molecule has 1 amide bonds. The Labute approximate surface area is 176 Å². The highest BCUT2D eigenvalue weighted by molar-refractivity contribution is 6.02. The Morgan fingerprint density at radius 1 is 1.13 bits per heavy atom. The number of nitrogens with one attached hydrogen (secondary N) is 2. The van der Waals surface area contributed by atoms with Crippen LogP contribution in [0.2, 0.25) is 0 Å². The van der Waals surface area contributed by atoms with E-state index in [1.54, 1.807) is 25.5 Å². The second kappa shape index (κ2) is 7.69. The monoisotopic (exact) mass is 420 g/mol. The Bertz CT molecular complexity index is 1320. The number of nitrogens with zero attached hydrogens (tertiary/aromatic N) is 6. The lowest BCUT2D eigenvalue weighted by molar-refractivity contribution is 0.0990. The molecule has 1 saturated heterocycles. The van der Waals surface area contributed by atoms with Gasteiger partial charge in [-0.05, 0) is 18.2 Å². The molecule has 158 valence electrons. The third-order valence-electron chi connectivity index (χ3n) is 5.27. The van der Waals surface area contributed by atoms with Gasteiger partial charge >= 0.3 is 23.5 Å². The van der Waals surface area contributed by atoms with E-state index in [1.165, 1.54) is 9.13 Å². The lowest BCUT2D eigenvalue weighted by Gasteiger charge is -2.30. The van der Waals surface area contributed by atoms with Crippen molar-refractivity contribution in [2.24, 2.45) is 7.05 Å².